The van der Waals surface area contributed by atoms with Gasteiger partial charge < -0.3 is 0 Å². The first-order chi connectivity index (χ1) is 14.7. The maximum atomic E-state index is 13.2. The smallest absolute Gasteiger partial charge is 0.262 e. The average Bonchev–Trinajstić information content (AvgIpc) is 2.97. The molecule has 1 N–H and O–H groups in total. The number of benzene rings is 2. The number of hydrogen-bond acceptors (Lipinski definition) is 4. The molecule has 31 heavy (non-hydrogen) atoms. The summed E-state index contributed by atoms with van der Waals surface area (Å²) in [5.74, 6) is -0.650. The summed E-state index contributed by atoms with van der Waals surface area (Å²) in [7, 11) is -3.83. The number of carbonyl (C=O) groups is 2. The molecule has 164 valence electrons. The molecular weight excluding hydrogens is 412 g/mol. The highest BCUT2D eigenvalue weighted by molar-refractivity contribution is 7.92. The van der Waals surface area contributed by atoms with Crippen molar-refractivity contribution >= 4 is 27.5 Å². The van der Waals surface area contributed by atoms with E-state index in [1.54, 1.807) is 31.2 Å². The number of hydrogen-bond donors (Lipinski definition) is 1. The van der Waals surface area contributed by atoms with E-state index in [4.69, 9.17) is 0 Å². The minimum Gasteiger partial charge on any atom is -0.279 e. The van der Waals surface area contributed by atoms with Gasteiger partial charge in [-0.1, -0.05) is 37.1 Å². The number of carbonyl (C=O) groups excluding carboxylic acids is 2. The molecule has 6 nitrogen and oxygen atoms in total. The Hall–Kier alpha value is -2.67. The number of rotatable bonds is 5. The van der Waals surface area contributed by atoms with Crippen LogP contribution in [0.3, 0.4) is 0 Å². The number of amides is 2. The molecule has 0 unspecified atom stereocenters. The van der Waals surface area contributed by atoms with Crippen molar-refractivity contribution < 1.29 is 18.0 Å². The third-order valence-electron chi connectivity index (χ3n) is 6.45. The molecule has 2 aromatic rings. The Bertz CT molecular complexity index is 1130. The summed E-state index contributed by atoms with van der Waals surface area (Å²) in [5, 5.41) is 0. The first-order valence-corrected chi connectivity index (χ1v) is 12.2. The lowest BCUT2D eigenvalue weighted by atomic mass is 9.81. The van der Waals surface area contributed by atoms with E-state index in [0.717, 1.165) is 36.8 Å². The predicted octanol–water partition coefficient (Wildman–Crippen LogP) is 4.09. The fourth-order valence-corrected chi connectivity index (χ4v) is 6.07. The third-order valence-corrected chi connectivity index (χ3v) is 7.96. The van der Waals surface area contributed by atoms with E-state index in [9.17, 15) is 18.0 Å². The van der Waals surface area contributed by atoms with Crippen LogP contribution in [0.4, 0.5) is 5.69 Å². The lowest BCUT2D eigenvalue weighted by Crippen LogP contribution is -2.30. The molecule has 1 aliphatic carbocycles. The first kappa shape index (κ1) is 21.6. The molecule has 0 bridgehead atoms. The van der Waals surface area contributed by atoms with Gasteiger partial charge in [-0.05, 0) is 68.0 Å². The highest BCUT2D eigenvalue weighted by Crippen LogP contribution is 2.38. The van der Waals surface area contributed by atoms with Gasteiger partial charge in [0.15, 0.2) is 0 Å². The summed E-state index contributed by atoms with van der Waals surface area (Å²) in [6.07, 6.45) is 3.48. The van der Waals surface area contributed by atoms with Crippen molar-refractivity contribution in [3.63, 3.8) is 0 Å². The summed E-state index contributed by atoms with van der Waals surface area (Å²) in [6, 6.07) is 10.7. The van der Waals surface area contributed by atoms with Crippen LogP contribution in [0.5, 0.6) is 0 Å². The lowest BCUT2D eigenvalue weighted by molar-refractivity contribution is -0.140. The average molecular weight is 441 g/mol. The van der Waals surface area contributed by atoms with Gasteiger partial charge in [-0.3, -0.25) is 19.2 Å². The van der Waals surface area contributed by atoms with Crippen molar-refractivity contribution in [1.82, 2.24) is 4.90 Å². The minimum atomic E-state index is -3.83. The van der Waals surface area contributed by atoms with E-state index in [1.165, 1.54) is 4.90 Å². The molecule has 7 heteroatoms. The molecule has 2 fully saturated rings. The van der Waals surface area contributed by atoms with Crippen molar-refractivity contribution in [3.05, 3.63) is 58.7 Å². The van der Waals surface area contributed by atoms with Crippen LogP contribution < -0.4 is 4.72 Å². The Morgan fingerprint density at radius 1 is 0.903 bits per heavy atom. The van der Waals surface area contributed by atoms with E-state index >= 15 is 0 Å². The van der Waals surface area contributed by atoms with Crippen LogP contribution >= 0.6 is 0 Å². The maximum Gasteiger partial charge on any atom is 0.262 e. The monoisotopic (exact) mass is 440 g/mol. The van der Waals surface area contributed by atoms with Crippen LogP contribution in [0, 0.1) is 32.6 Å². The van der Waals surface area contributed by atoms with Crippen LogP contribution in [0.2, 0.25) is 0 Å². The third kappa shape index (κ3) is 4.11. The number of anilines is 1. The second-order valence-electron chi connectivity index (χ2n) is 8.78. The summed E-state index contributed by atoms with van der Waals surface area (Å²) in [4.78, 5) is 27.1. The normalized spacial score (nSPS) is 21.3. The molecule has 2 aromatic carbocycles. The van der Waals surface area contributed by atoms with Gasteiger partial charge in [-0.25, -0.2) is 8.42 Å². The Morgan fingerprint density at radius 2 is 1.52 bits per heavy atom. The molecule has 1 saturated carbocycles. The van der Waals surface area contributed by atoms with E-state index in [-0.39, 0.29) is 35.1 Å². The zero-order valence-electron chi connectivity index (χ0n) is 18.1. The molecule has 1 saturated heterocycles. The van der Waals surface area contributed by atoms with E-state index < -0.39 is 10.0 Å². The first-order valence-electron chi connectivity index (χ1n) is 10.7. The van der Waals surface area contributed by atoms with Crippen molar-refractivity contribution in [2.75, 3.05) is 4.72 Å². The van der Waals surface area contributed by atoms with Gasteiger partial charge in [0.1, 0.15) is 0 Å². The maximum absolute atomic E-state index is 13.2. The van der Waals surface area contributed by atoms with E-state index in [1.807, 2.05) is 26.0 Å². The van der Waals surface area contributed by atoms with Gasteiger partial charge in [0, 0.05) is 0 Å². The minimum absolute atomic E-state index is 0.108. The van der Waals surface area contributed by atoms with Gasteiger partial charge >= 0.3 is 0 Å². The van der Waals surface area contributed by atoms with Gasteiger partial charge in [-0.15, -0.1) is 0 Å². The highest BCUT2D eigenvalue weighted by Gasteiger charge is 2.47. The standard InChI is InChI=1S/C24H28N2O4S/c1-15-8-9-16(2)21(12-15)25-31(29,30)22-13-18(11-10-17(22)3)14-26-23(27)19-6-4-5-7-20(19)24(26)28/h8-13,19-20,25H,4-7,14H2,1-3H3/t19-,20-/m0/s1. The largest absolute Gasteiger partial charge is 0.279 e. The molecule has 0 radical (unpaired) electrons. The highest BCUT2D eigenvalue weighted by atomic mass is 32.2. The zero-order chi connectivity index (χ0) is 22.3. The molecule has 0 spiro atoms. The number of aryl methyl sites for hydroxylation is 3. The van der Waals surface area contributed by atoms with Crippen LogP contribution in [0.25, 0.3) is 0 Å². The van der Waals surface area contributed by atoms with Gasteiger partial charge in [-0.2, -0.15) is 0 Å². The Morgan fingerprint density at radius 3 is 2.16 bits per heavy atom. The van der Waals surface area contributed by atoms with Crippen LogP contribution in [-0.2, 0) is 26.2 Å². The SMILES string of the molecule is Cc1ccc(C)c(NS(=O)(=O)c2cc(CN3C(=O)[C@H]4CCCC[C@@H]4C3=O)ccc2C)c1. The topological polar surface area (TPSA) is 83.6 Å². The van der Waals surface area contributed by atoms with Gasteiger partial charge in [0.2, 0.25) is 11.8 Å². The molecule has 2 amide bonds. The van der Waals surface area contributed by atoms with E-state index in [0.29, 0.717) is 16.8 Å². The molecule has 2 aliphatic rings. The number of nitrogens with zero attached hydrogens (tertiary/aromatic N) is 1. The fraction of sp³-hybridized carbons (Fsp3) is 0.417. The second kappa shape index (κ2) is 8.11. The summed E-state index contributed by atoms with van der Waals surface area (Å²) < 4.78 is 29.0. The number of likely N-dealkylation sites (tertiary alicyclic amines) is 1. The number of nitrogens with one attached hydrogen (secondary N) is 1. The zero-order valence-corrected chi connectivity index (χ0v) is 19.0. The van der Waals surface area contributed by atoms with Crippen LogP contribution in [-0.4, -0.2) is 25.1 Å². The summed E-state index contributed by atoms with van der Waals surface area (Å²) in [5.41, 5.74) is 3.57. The Kier molecular flexibility index (Phi) is 5.64. The molecule has 1 heterocycles. The lowest BCUT2D eigenvalue weighted by Gasteiger charge is -2.19. The summed E-state index contributed by atoms with van der Waals surface area (Å²) in [6.45, 7) is 5.61. The van der Waals surface area contributed by atoms with Gasteiger partial charge in [0.25, 0.3) is 10.0 Å². The fourth-order valence-electron chi connectivity index (χ4n) is 4.65. The molecule has 1 aliphatic heterocycles. The van der Waals surface area contributed by atoms with Crippen molar-refractivity contribution in [2.45, 2.75) is 57.9 Å². The van der Waals surface area contributed by atoms with Crippen LogP contribution in [0.15, 0.2) is 41.3 Å². The van der Waals surface area contributed by atoms with Crippen LogP contribution in [0.1, 0.15) is 47.9 Å². The quantitative estimate of drug-likeness (QED) is 0.710. The predicted molar refractivity (Wildman–Crippen MR) is 119 cm³/mol. The number of sulfonamides is 1. The molecular formula is C24H28N2O4S. The van der Waals surface area contributed by atoms with Gasteiger partial charge in [0.05, 0.1) is 29.0 Å². The Balaban J connectivity index is 1.60. The number of fused-ring (bicyclic) bond motifs is 1. The Labute approximate surface area is 183 Å². The molecule has 2 atom stereocenters. The molecule has 0 aromatic heterocycles. The van der Waals surface area contributed by atoms with Crippen molar-refractivity contribution in [2.24, 2.45) is 11.8 Å². The molecule has 4 rings (SSSR count). The van der Waals surface area contributed by atoms with E-state index in [2.05, 4.69) is 4.72 Å². The van der Waals surface area contributed by atoms with Crippen molar-refractivity contribution in [3.8, 4) is 0 Å². The van der Waals surface area contributed by atoms with Crippen molar-refractivity contribution in [1.29, 1.82) is 0 Å². The number of imide groups is 1. The summed E-state index contributed by atoms with van der Waals surface area (Å²) >= 11 is 0. The second-order valence-corrected chi connectivity index (χ2v) is 10.4.